The number of ether oxygens (including phenoxy) is 1. The van der Waals surface area contributed by atoms with Crippen molar-refractivity contribution in [2.45, 2.75) is 46.0 Å². The van der Waals surface area contributed by atoms with E-state index < -0.39 is 5.97 Å². The highest BCUT2D eigenvalue weighted by atomic mass is 16.5. The molecule has 1 fully saturated rings. The van der Waals surface area contributed by atoms with E-state index in [9.17, 15) is 19.5 Å². The number of carbonyl (C=O) groups excluding carboxylic acids is 2. The van der Waals surface area contributed by atoms with Crippen LogP contribution in [0, 0.1) is 5.92 Å². The number of hydrogen-bond donors (Lipinski definition) is 2. The Morgan fingerprint density at radius 3 is 2.81 bits per heavy atom. The summed E-state index contributed by atoms with van der Waals surface area (Å²) in [5.74, 6) is -1.54. The van der Waals surface area contributed by atoms with Gasteiger partial charge in [-0.15, -0.1) is 0 Å². The lowest BCUT2D eigenvalue weighted by Crippen LogP contribution is -2.40. The Hall–Kier alpha value is -2.64. The van der Waals surface area contributed by atoms with Crippen LogP contribution in [0.5, 0.6) is 0 Å². The maximum atomic E-state index is 12.0. The topological polar surface area (TPSA) is 109 Å². The van der Waals surface area contributed by atoms with Gasteiger partial charge in [-0.2, -0.15) is 0 Å². The highest BCUT2D eigenvalue weighted by Gasteiger charge is 2.29. The van der Waals surface area contributed by atoms with Gasteiger partial charge in [-0.05, 0) is 32.3 Å². The Kier molecular flexibility index (Phi) is 7.57. The molecular weight excluding hydrogens is 350 g/mol. The summed E-state index contributed by atoms with van der Waals surface area (Å²) in [7, 11) is 0. The molecule has 1 saturated heterocycles. The Morgan fingerprint density at radius 1 is 1.37 bits per heavy atom. The van der Waals surface area contributed by atoms with E-state index in [1.807, 2.05) is 6.92 Å². The molecule has 0 bridgehead atoms. The molecule has 1 aliphatic heterocycles. The van der Waals surface area contributed by atoms with Gasteiger partial charge in [0, 0.05) is 19.5 Å². The van der Waals surface area contributed by atoms with E-state index in [4.69, 9.17) is 4.74 Å². The number of nitrogens with one attached hydrogen (secondary N) is 1. The second kappa shape index (κ2) is 9.89. The Bertz CT molecular complexity index is 692. The standard InChI is InChI=1S/C19H27N3O5/c1-3-5-8-16(23)21-14-10-15(18(24)25)17(20-11-14)22-9-6-7-13(12-22)19(26)27-4-2/h10-11,13H,3-9,12H2,1-2H3,(H,21,23)(H,24,25)/t13-/m1/s1. The van der Waals surface area contributed by atoms with Crippen LogP contribution in [0.15, 0.2) is 12.3 Å². The minimum Gasteiger partial charge on any atom is -0.478 e. The number of esters is 1. The van der Waals surface area contributed by atoms with Crippen molar-refractivity contribution < 1.29 is 24.2 Å². The van der Waals surface area contributed by atoms with Gasteiger partial charge in [-0.1, -0.05) is 13.3 Å². The Morgan fingerprint density at radius 2 is 2.15 bits per heavy atom. The van der Waals surface area contributed by atoms with Gasteiger partial charge in [-0.25, -0.2) is 9.78 Å². The molecule has 2 rings (SSSR count). The van der Waals surface area contributed by atoms with Crippen LogP contribution < -0.4 is 10.2 Å². The lowest BCUT2D eigenvalue weighted by atomic mass is 9.98. The molecule has 1 aromatic heterocycles. The lowest BCUT2D eigenvalue weighted by Gasteiger charge is -2.33. The molecule has 27 heavy (non-hydrogen) atoms. The Labute approximate surface area is 158 Å². The SMILES string of the molecule is CCCCC(=O)Nc1cnc(N2CCC[C@@H](C(=O)OCC)C2)c(C(=O)O)c1. The predicted molar refractivity (Wildman–Crippen MR) is 101 cm³/mol. The van der Waals surface area contributed by atoms with Gasteiger partial charge >= 0.3 is 11.9 Å². The third kappa shape index (κ3) is 5.67. The van der Waals surface area contributed by atoms with Gasteiger partial charge in [0.25, 0.3) is 0 Å². The molecule has 0 spiro atoms. The fraction of sp³-hybridized carbons (Fsp3) is 0.579. The Balaban J connectivity index is 2.17. The van der Waals surface area contributed by atoms with Crippen LogP contribution in [0.3, 0.4) is 0 Å². The number of hydrogen-bond acceptors (Lipinski definition) is 6. The van der Waals surface area contributed by atoms with Crippen molar-refractivity contribution in [3.05, 3.63) is 17.8 Å². The molecule has 1 aromatic rings. The van der Waals surface area contributed by atoms with Crippen molar-refractivity contribution in [2.75, 3.05) is 29.9 Å². The average Bonchev–Trinajstić information content (AvgIpc) is 2.66. The molecule has 148 valence electrons. The van der Waals surface area contributed by atoms with Crippen molar-refractivity contribution in [3.63, 3.8) is 0 Å². The number of unbranched alkanes of at least 4 members (excludes halogenated alkanes) is 1. The van der Waals surface area contributed by atoms with Crippen LogP contribution in [0.2, 0.25) is 0 Å². The first-order valence-electron chi connectivity index (χ1n) is 9.41. The summed E-state index contributed by atoms with van der Waals surface area (Å²) in [6.45, 7) is 5.06. The average molecular weight is 377 g/mol. The fourth-order valence-corrected chi connectivity index (χ4v) is 3.12. The summed E-state index contributed by atoms with van der Waals surface area (Å²) < 4.78 is 5.09. The van der Waals surface area contributed by atoms with Crippen LogP contribution in [0.25, 0.3) is 0 Å². The zero-order valence-electron chi connectivity index (χ0n) is 15.9. The monoisotopic (exact) mass is 377 g/mol. The molecule has 0 unspecified atom stereocenters. The molecule has 8 nitrogen and oxygen atoms in total. The summed E-state index contributed by atoms with van der Waals surface area (Å²) in [5, 5.41) is 12.3. The first kappa shape index (κ1) is 20.7. The van der Waals surface area contributed by atoms with Crippen LogP contribution in [0.1, 0.15) is 56.3 Å². The maximum Gasteiger partial charge on any atom is 0.339 e. The van der Waals surface area contributed by atoms with Gasteiger partial charge in [0.1, 0.15) is 11.4 Å². The summed E-state index contributed by atoms with van der Waals surface area (Å²) in [5.41, 5.74) is 0.365. The van der Waals surface area contributed by atoms with Gasteiger partial charge in [0.15, 0.2) is 0 Å². The molecule has 1 amide bonds. The van der Waals surface area contributed by atoms with Crippen LogP contribution >= 0.6 is 0 Å². The van der Waals surface area contributed by atoms with Gasteiger partial charge < -0.3 is 20.1 Å². The minimum atomic E-state index is -1.12. The number of nitrogens with zero attached hydrogens (tertiary/aromatic N) is 2. The van der Waals surface area contributed by atoms with E-state index in [-0.39, 0.29) is 23.4 Å². The summed E-state index contributed by atoms with van der Waals surface area (Å²) in [6.07, 6.45) is 4.98. The largest absolute Gasteiger partial charge is 0.478 e. The molecule has 2 N–H and O–H groups in total. The van der Waals surface area contributed by atoms with Crippen molar-refractivity contribution in [3.8, 4) is 0 Å². The summed E-state index contributed by atoms with van der Waals surface area (Å²) in [6, 6.07) is 1.42. The third-order valence-corrected chi connectivity index (χ3v) is 4.48. The lowest BCUT2D eigenvalue weighted by molar-refractivity contribution is -0.148. The van der Waals surface area contributed by atoms with E-state index in [0.717, 1.165) is 19.3 Å². The summed E-state index contributed by atoms with van der Waals surface area (Å²) >= 11 is 0. The third-order valence-electron chi connectivity index (χ3n) is 4.48. The molecule has 0 radical (unpaired) electrons. The van der Waals surface area contributed by atoms with E-state index in [0.29, 0.717) is 44.0 Å². The zero-order valence-corrected chi connectivity index (χ0v) is 15.9. The van der Waals surface area contributed by atoms with Crippen molar-refractivity contribution in [2.24, 2.45) is 5.92 Å². The van der Waals surface area contributed by atoms with Crippen LogP contribution in [-0.4, -0.2) is 47.6 Å². The number of pyridine rings is 1. The van der Waals surface area contributed by atoms with E-state index >= 15 is 0 Å². The quantitative estimate of drug-likeness (QED) is 0.670. The molecule has 2 heterocycles. The molecule has 0 saturated carbocycles. The molecule has 0 aromatic carbocycles. The predicted octanol–water partition coefficient (Wildman–Crippen LogP) is 2.69. The number of piperidine rings is 1. The first-order valence-corrected chi connectivity index (χ1v) is 9.41. The molecule has 8 heteroatoms. The number of anilines is 2. The smallest absolute Gasteiger partial charge is 0.339 e. The molecular formula is C19H27N3O5. The molecule has 1 aliphatic rings. The molecule has 0 aliphatic carbocycles. The van der Waals surface area contributed by atoms with Gasteiger partial charge in [-0.3, -0.25) is 9.59 Å². The zero-order chi connectivity index (χ0) is 19.8. The number of rotatable bonds is 8. The van der Waals surface area contributed by atoms with E-state index in [2.05, 4.69) is 10.3 Å². The van der Waals surface area contributed by atoms with Crippen molar-refractivity contribution in [1.29, 1.82) is 0 Å². The number of aromatic nitrogens is 1. The minimum absolute atomic E-state index is 0.00722. The number of aromatic carboxylic acids is 1. The number of carboxylic acids is 1. The van der Waals surface area contributed by atoms with Gasteiger partial charge in [0.2, 0.25) is 5.91 Å². The van der Waals surface area contributed by atoms with Crippen molar-refractivity contribution >= 4 is 29.4 Å². The van der Waals surface area contributed by atoms with E-state index in [1.54, 1.807) is 11.8 Å². The van der Waals surface area contributed by atoms with Crippen LogP contribution in [-0.2, 0) is 14.3 Å². The first-order chi connectivity index (χ1) is 13.0. The number of carbonyl (C=O) groups is 3. The second-order valence-electron chi connectivity index (χ2n) is 6.59. The van der Waals surface area contributed by atoms with E-state index in [1.165, 1.54) is 12.3 Å². The highest BCUT2D eigenvalue weighted by molar-refractivity contribution is 5.97. The fourth-order valence-electron chi connectivity index (χ4n) is 3.12. The molecule has 1 atom stereocenters. The highest BCUT2D eigenvalue weighted by Crippen LogP contribution is 2.27. The second-order valence-corrected chi connectivity index (χ2v) is 6.59. The number of amides is 1. The normalized spacial score (nSPS) is 16.7. The van der Waals surface area contributed by atoms with Crippen molar-refractivity contribution in [1.82, 2.24) is 4.98 Å². The number of carboxylic acid groups (broad SMARTS) is 1. The summed E-state index contributed by atoms with van der Waals surface area (Å²) in [4.78, 5) is 41.7. The maximum absolute atomic E-state index is 12.0. The van der Waals surface area contributed by atoms with Crippen LogP contribution in [0.4, 0.5) is 11.5 Å². The van der Waals surface area contributed by atoms with Gasteiger partial charge in [0.05, 0.1) is 24.4 Å².